The summed E-state index contributed by atoms with van der Waals surface area (Å²) >= 11 is 0. The van der Waals surface area contributed by atoms with E-state index in [0.717, 1.165) is 0 Å². The van der Waals surface area contributed by atoms with Crippen LogP contribution in [0, 0.1) is 0 Å². The Balaban J connectivity index is 1.71. The smallest absolute Gasteiger partial charge is 0.382 e. The third-order valence-electron chi connectivity index (χ3n) is 4.16. The van der Waals surface area contributed by atoms with Gasteiger partial charge in [-0.25, -0.2) is 28.4 Å². The Morgan fingerprint density at radius 3 is 2.58 bits per heavy atom. The van der Waals surface area contributed by atoms with Gasteiger partial charge in [0.2, 0.25) is 0 Å². The second-order valence-electron chi connectivity index (χ2n) is 6.41. The van der Waals surface area contributed by atoms with Crippen LogP contribution in [0.5, 0.6) is 0 Å². The zero-order valence-corrected chi connectivity index (χ0v) is 18.2. The van der Waals surface area contributed by atoms with Crippen LogP contribution in [0.15, 0.2) is 37.5 Å². The fourth-order valence-electron chi connectivity index (χ4n) is 2.89. The van der Waals surface area contributed by atoms with Crippen LogP contribution in [0.1, 0.15) is 12.5 Å². The van der Waals surface area contributed by atoms with E-state index in [-0.39, 0.29) is 18.3 Å². The van der Waals surface area contributed by atoms with Crippen molar-refractivity contribution in [2.75, 3.05) is 12.1 Å². The SMILES string of the molecule is C=C[C@@]1(OCP(=O)(O)OP(=O)(O)OP(=O)(O)O)C=C[C@H](n2cnc3c(N)ncnc32)C1. The highest BCUT2D eigenvalue weighted by molar-refractivity contribution is 7.68. The summed E-state index contributed by atoms with van der Waals surface area (Å²) in [7, 11) is -16.0. The van der Waals surface area contributed by atoms with Gasteiger partial charge in [-0.2, -0.15) is 4.31 Å². The van der Waals surface area contributed by atoms with Crippen LogP contribution in [-0.2, 0) is 27.1 Å². The first-order valence-electron chi connectivity index (χ1n) is 8.28. The van der Waals surface area contributed by atoms with Crippen molar-refractivity contribution in [2.45, 2.75) is 18.1 Å². The van der Waals surface area contributed by atoms with Crippen molar-refractivity contribution < 1.29 is 46.6 Å². The van der Waals surface area contributed by atoms with Crippen LogP contribution >= 0.6 is 23.2 Å². The molecule has 0 radical (unpaired) electrons. The fourth-order valence-corrected chi connectivity index (χ4v) is 6.24. The molecule has 0 aliphatic heterocycles. The van der Waals surface area contributed by atoms with E-state index in [0.29, 0.717) is 11.2 Å². The fraction of sp³-hybridized carbons (Fsp3) is 0.308. The Morgan fingerprint density at radius 1 is 1.23 bits per heavy atom. The molecule has 0 bridgehead atoms. The van der Waals surface area contributed by atoms with Crippen LogP contribution in [0.4, 0.5) is 5.82 Å². The maximum absolute atomic E-state index is 12.1. The summed E-state index contributed by atoms with van der Waals surface area (Å²) in [6.07, 6.45) is 6.44. The average molecular weight is 497 g/mol. The molecule has 0 saturated carbocycles. The molecule has 2 heterocycles. The molecule has 0 aromatic carbocycles. The molecule has 3 rings (SSSR count). The number of allylic oxidation sites excluding steroid dienone is 1. The number of hydrogen-bond acceptors (Lipinski definition) is 10. The number of rotatable bonds is 9. The van der Waals surface area contributed by atoms with Gasteiger partial charge >= 0.3 is 23.2 Å². The summed E-state index contributed by atoms with van der Waals surface area (Å²) in [6, 6.07) is -0.363. The molecule has 170 valence electrons. The first-order valence-corrected chi connectivity index (χ1v) is 13.1. The highest BCUT2D eigenvalue weighted by atomic mass is 31.3. The van der Waals surface area contributed by atoms with Gasteiger partial charge < -0.3 is 34.6 Å². The van der Waals surface area contributed by atoms with Crippen LogP contribution in [0.25, 0.3) is 11.2 Å². The van der Waals surface area contributed by atoms with Crippen LogP contribution in [-0.4, -0.2) is 51.0 Å². The van der Waals surface area contributed by atoms with Crippen molar-refractivity contribution in [3.05, 3.63) is 37.5 Å². The van der Waals surface area contributed by atoms with Crippen LogP contribution in [0.3, 0.4) is 0 Å². The number of phosphoric acid groups is 2. The number of aromatic nitrogens is 4. The molecule has 2 aromatic heterocycles. The van der Waals surface area contributed by atoms with Crippen LogP contribution < -0.4 is 5.73 Å². The number of anilines is 1. The third kappa shape index (κ3) is 5.73. The molecule has 0 amide bonds. The number of nitrogen functional groups attached to an aromatic ring is 1. The lowest BCUT2D eigenvalue weighted by atomic mass is 10.0. The summed E-state index contributed by atoms with van der Waals surface area (Å²) in [5.74, 6) is 0.196. The van der Waals surface area contributed by atoms with Gasteiger partial charge in [-0.3, -0.25) is 4.57 Å². The number of fused-ring (bicyclic) bond motifs is 1. The first-order chi connectivity index (χ1) is 14.2. The minimum absolute atomic E-state index is 0.182. The normalized spacial score (nSPS) is 25.4. The van der Waals surface area contributed by atoms with E-state index in [4.69, 9.17) is 20.3 Å². The average Bonchev–Trinajstić information content (AvgIpc) is 3.22. The number of hydrogen-bond donors (Lipinski definition) is 5. The summed E-state index contributed by atoms with van der Waals surface area (Å²) in [5.41, 5.74) is 5.34. The van der Waals surface area contributed by atoms with Crippen molar-refractivity contribution in [1.29, 1.82) is 0 Å². The molecule has 0 fully saturated rings. The molecule has 1 aliphatic rings. The zero-order chi connectivity index (χ0) is 23.1. The Bertz CT molecular complexity index is 1180. The topological polar surface area (TPSA) is 229 Å². The molecular formula is C13H18N5O10P3. The van der Waals surface area contributed by atoms with Crippen molar-refractivity contribution in [2.24, 2.45) is 0 Å². The van der Waals surface area contributed by atoms with Crippen molar-refractivity contribution in [3.63, 3.8) is 0 Å². The maximum Gasteiger partial charge on any atom is 0.488 e. The number of imidazole rings is 1. The van der Waals surface area contributed by atoms with E-state index in [9.17, 15) is 23.5 Å². The lowest BCUT2D eigenvalue weighted by Gasteiger charge is -2.27. The second-order valence-corrected chi connectivity index (χ2v) is 11.2. The van der Waals surface area contributed by atoms with Gasteiger partial charge in [0.25, 0.3) is 0 Å². The van der Waals surface area contributed by atoms with E-state index < -0.39 is 35.2 Å². The highest BCUT2D eigenvalue weighted by Crippen LogP contribution is 2.66. The number of ether oxygens (including phenoxy) is 1. The van der Waals surface area contributed by atoms with Crippen molar-refractivity contribution >= 4 is 40.2 Å². The quantitative estimate of drug-likeness (QED) is 0.242. The molecule has 15 nitrogen and oxygen atoms in total. The van der Waals surface area contributed by atoms with Gasteiger partial charge in [-0.05, 0) is 0 Å². The Labute approximate surface area is 174 Å². The van der Waals surface area contributed by atoms with E-state index in [2.05, 4.69) is 30.2 Å². The van der Waals surface area contributed by atoms with E-state index in [1.165, 1.54) is 18.7 Å². The highest BCUT2D eigenvalue weighted by Gasteiger charge is 2.42. The summed E-state index contributed by atoms with van der Waals surface area (Å²) in [4.78, 5) is 48.3. The molecule has 0 spiro atoms. The first kappa shape index (κ1) is 23.9. The number of nitrogens with zero attached hydrogens (tertiary/aromatic N) is 4. The molecule has 2 unspecified atom stereocenters. The minimum Gasteiger partial charge on any atom is -0.382 e. The lowest BCUT2D eigenvalue weighted by Crippen LogP contribution is -2.27. The maximum atomic E-state index is 12.1. The summed E-state index contributed by atoms with van der Waals surface area (Å²) in [6.45, 7) is 3.64. The molecular weight excluding hydrogens is 479 g/mol. The van der Waals surface area contributed by atoms with E-state index in [1.54, 1.807) is 16.7 Å². The molecule has 18 heteroatoms. The van der Waals surface area contributed by atoms with Gasteiger partial charge in [0.1, 0.15) is 17.4 Å². The molecule has 1 aliphatic carbocycles. The predicted octanol–water partition coefficient (Wildman–Crippen LogP) is 1.22. The standard InChI is InChI=1S/C13H18N5O10P3/c1-2-13(26-8-29(19,20)27-31(24,25)28-30(21,22)23)4-3-9(5-13)18-7-17-10-11(14)15-6-16-12(10)18/h2-4,6-7,9H,1,5,8H2,(H,19,20)(H,24,25)(H2,14,15,16)(H2,21,22,23)/t9-,13+/m0/s1. The Hall–Kier alpha value is -1.76. The molecule has 0 saturated heterocycles. The van der Waals surface area contributed by atoms with Gasteiger partial charge in [-0.15, -0.1) is 0 Å². The van der Waals surface area contributed by atoms with Crippen molar-refractivity contribution in [1.82, 2.24) is 19.5 Å². The largest absolute Gasteiger partial charge is 0.488 e. The Morgan fingerprint density at radius 2 is 1.94 bits per heavy atom. The van der Waals surface area contributed by atoms with Gasteiger partial charge in [0.05, 0.1) is 12.4 Å². The second kappa shape index (κ2) is 8.30. The van der Waals surface area contributed by atoms with Gasteiger partial charge in [0, 0.05) is 6.42 Å². The zero-order valence-electron chi connectivity index (χ0n) is 15.5. The Kier molecular flexibility index (Phi) is 6.40. The van der Waals surface area contributed by atoms with E-state index >= 15 is 0 Å². The number of nitrogens with two attached hydrogens (primary N) is 1. The molecule has 4 atom stereocenters. The third-order valence-corrected chi connectivity index (χ3v) is 8.13. The van der Waals surface area contributed by atoms with Gasteiger partial charge in [0.15, 0.2) is 17.8 Å². The minimum atomic E-state index is -5.55. The van der Waals surface area contributed by atoms with Crippen molar-refractivity contribution in [3.8, 4) is 0 Å². The summed E-state index contributed by atoms with van der Waals surface area (Å²) < 4.78 is 48.9. The predicted molar refractivity (Wildman–Crippen MR) is 105 cm³/mol. The van der Waals surface area contributed by atoms with Gasteiger partial charge in [-0.1, -0.05) is 24.8 Å². The summed E-state index contributed by atoms with van der Waals surface area (Å²) in [5, 5.41) is 0. The van der Waals surface area contributed by atoms with E-state index in [1.807, 2.05) is 0 Å². The lowest BCUT2D eigenvalue weighted by molar-refractivity contribution is 0.0432. The monoisotopic (exact) mass is 497 g/mol. The molecule has 2 aromatic rings. The van der Waals surface area contributed by atoms with Crippen LogP contribution in [0.2, 0.25) is 0 Å². The molecule has 6 N–H and O–H groups in total. The molecule has 31 heavy (non-hydrogen) atoms.